The normalized spacial score (nSPS) is 20.0. The van der Waals surface area contributed by atoms with Gasteiger partial charge in [0.25, 0.3) is 0 Å². The van der Waals surface area contributed by atoms with E-state index in [1.807, 2.05) is 18.3 Å². The van der Waals surface area contributed by atoms with Crippen LogP contribution in [-0.2, 0) is 11.3 Å². The lowest BCUT2D eigenvalue weighted by Gasteiger charge is -2.35. The third-order valence-corrected chi connectivity index (χ3v) is 6.23. The fourth-order valence-corrected chi connectivity index (χ4v) is 4.60. The molecule has 140 valence electrons. The smallest absolute Gasteiger partial charge is 0.222 e. The lowest BCUT2D eigenvalue weighted by molar-refractivity contribution is -0.134. The van der Waals surface area contributed by atoms with Gasteiger partial charge in [-0.05, 0) is 46.8 Å². The van der Waals surface area contributed by atoms with Gasteiger partial charge in [0, 0.05) is 56.0 Å². The summed E-state index contributed by atoms with van der Waals surface area (Å²) >= 11 is 3.50. The van der Waals surface area contributed by atoms with Crippen LogP contribution in [0.5, 0.6) is 0 Å². The number of imidazole rings is 1. The Bertz CT molecular complexity index is 760. The summed E-state index contributed by atoms with van der Waals surface area (Å²) in [6.07, 6.45) is 11.4. The zero-order chi connectivity index (χ0) is 17.9. The highest BCUT2D eigenvalue weighted by molar-refractivity contribution is 9.10. The standard InChI is InChI=1S/C20H27BrN4O/c21-17-6-7-19-22-18(15-25(19)13-17)14-23-8-10-24(11-9-23)20(26)12-16-4-2-1-3-5-16/h6-7,13,15-16H,1-5,8-12,14H2. The van der Waals surface area contributed by atoms with Crippen molar-refractivity contribution in [2.45, 2.75) is 45.1 Å². The monoisotopic (exact) mass is 418 g/mol. The van der Waals surface area contributed by atoms with Gasteiger partial charge in [0.05, 0.1) is 5.69 Å². The van der Waals surface area contributed by atoms with Gasteiger partial charge in [0.2, 0.25) is 5.91 Å². The molecule has 1 aliphatic heterocycles. The number of nitrogens with zero attached hydrogens (tertiary/aromatic N) is 4. The van der Waals surface area contributed by atoms with Crippen molar-refractivity contribution in [1.29, 1.82) is 0 Å². The number of piperazine rings is 1. The highest BCUT2D eigenvalue weighted by atomic mass is 79.9. The molecule has 0 N–H and O–H groups in total. The molecule has 2 fully saturated rings. The largest absolute Gasteiger partial charge is 0.340 e. The summed E-state index contributed by atoms with van der Waals surface area (Å²) < 4.78 is 3.11. The minimum Gasteiger partial charge on any atom is -0.340 e. The molecule has 1 amide bonds. The van der Waals surface area contributed by atoms with Crippen LogP contribution in [0, 0.1) is 5.92 Å². The van der Waals surface area contributed by atoms with Gasteiger partial charge in [-0.2, -0.15) is 0 Å². The van der Waals surface area contributed by atoms with Gasteiger partial charge in [0.1, 0.15) is 5.65 Å². The van der Waals surface area contributed by atoms with Crippen LogP contribution in [0.1, 0.15) is 44.2 Å². The van der Waals surface area contributed by atoms with E-state index in [9.17, 15) is 4.79 Å². The second-order valence-electron chi connectivity index (χ2n) is 7.71. The first-order valence-corrected chi connectivity index (χ1v) is 10.6. The van der Waals surface area contributed by atoms with Crippen molar-refractivity contribution in [3.63, 3.8) is 0 Å². The Morgan fingerprint density at radius 1 is 1.08 bits per heavy atom. The van der Waals surface area contributed by atoms with Gasteiger partial charge in [-0.1, -0.05) is 19.3 Å². The van der Waals surface area contributed by atoms with E-state index >= 15 is 0 Å². The van der Waals surface area contributed by atoms with Crippen molar-refractivity contribution in [2.24, 2.45) is 5.92 Å². The van der Waals surface area contributed by atoms with Crippen LogP contribution in [-0.4, -0.2) is 51.3 Å². The Balaban J connectivity index is 1.28. The molecule has 6 heteroatoms. The van der Waals surface area contributed by atoms with Crippen LogP contribution in [0.15, 0.2) is 29.0 Å². The first-order chi connectivity index (χ1) is 12.7. The summed E-state index contributed by atoms with van der Waals surface area (Å²) in [7, 11) is 0. The van der Waals surface area contributed by atoms with Gasteiger partial charge < -0.3 is 9.30 Å². The first kappa shape index (κ1) is 18.0. The summed E-state index contributed by atoms with van der Waals surface area (Å²) in [5.41, 5.74) is 2.06. The maximum Gasteiger partial charge on any atom is 0.222 e. The predicted molar refractivity (Wildman–Crippen MR) is 106 cm³/mol. The number of aromatic nitrogens is 2. The van der Waals surface area contributed by atoms with E-state index in [2.05, 4.69) is 36.3 Å². The minimum atomic E-state index is 0.370. The van der Waals surface area contributed by atoms with E-state index in [1.165, 1.54) is 32.1 Å². The van der Waals surface area contributed by atoms with Crippen LogP contribution >= 0.6 is 15.9 Å². The van der Waals surface area contributed by atoms with E-state index in [0.29, 0.717) is 11.8 Å². The van der Waals surface area contributed by atoms with Crippen molar-refractivity contribution >= 4 is 27.5 Å². The van der Waals surface area contributed by atoms with Gasteiger partial charge in [-0.3, -0.25) is 9.69 Å². The van der Waals surface area contributed by atoms with Crippen molar-refractivity contribution < 1.29 is 4.79 Å². The summed E-state index contributed by atoms with van der Waals surface area (Å²) in [4.78, 5) is 21.7. The molecule has 0 bridgehead atoms. The van der Waals surface area contributed by atoms with E-state index in [0.717, 1.165) is 55.0 Å². The Morgan fingerprint density at radius 3 is 2.62 bits per heavy atom. The predicted octanol–water partition coefficient (Wildman–Crippen LogP) is 3.71. The van der Waals surface area contributed by atoms with Crippen LogP contribution < -0.4 is 0 Å². The fourth-order valence-electron chi connectivity index (χ4n) is 4.25. The Labute approximate surface area is 163 Å². The van der Waals surface area contributed by atoms with Crippen LogP contribution in [0.25, 0.3) is 5.65 Å². The highest BCUT2D eigenvalue weighted by Crippen LogP contribution is 2.27. The maximum atomic E-state index is 12.6. The molecule has 0 atom stereocenters. The van der Waals surface area contributed by atoms with Gasteiger partial charge >= 0.3 is 0 Å². The average Bonchev–Trinajstić information content (AvgIpc) is 3.04. The second kappa shape index (κ2) is 8.09. The molecule has 1 saturated heterocycles. The number of pyridine rings is 1. The number of fused-ring (bicyclic) bond motifs is 1. The highest BCUT2D eigenvalue weighted by Gasteiger charge is 2.24. The van der Waals surface area contributed by atoms with Gasteiger partial charge in [-0.15, -0.1) is 0 Å². The van der Waals surface area contributed by atoms with Crippen molar-refractivity contribution in [2.75, 3.05) is 26.2 Å². The van der Waals surface area contributed by atoms with E-state index < -0.39 is 0 Å². The quantitative estimate of drug-likeness (QED) is 0.759. The van der Waals surface area contributed by atoms with Crippen molar-refractivity contribution in [3.8, 4) is 0 Å². The van der Waals surface area contributed by atoms with Gasteiger partial charge in [-0.25, -0.2) is 4.98 Å². The lowest BCUT2D eigenvalue weighted by Crippen LogP contribution is -2.48. The topological polar surface area (TPSA) is 40.9 Å². The number of carbonyl (C=O) groups excluding carboxylic acids is 1. The minimum absolute atomic E-state index is 0.370. The Kier molecular flexibility index (Phi) is 5.60. The van der Waals surface area contributed by atoms with Gasteiger partial charge in [0.15, 0.2) is 0 Å². The second-order valence-corrected chi connectivity index (χ2v) is 8.63. The molecule has 0 spiro atoms. The molecular formula is C20H27BrN4O. The average molecular weight is 419 g/mol. The summed E-state index contributed by atoms with van der Waals surface area (Å²) in [6.45, 7) is 4.43. The first-order valence-electron chi connectivity index (χ1n) is 9.80. The molecule has 0 unspecified atom stereocenters. The third kappa shape index (κ3) is 4.29. The SMILES string of the molecule is O=C(CC1CCCCC1)N1CCN(Cc2cn3cc(Br)ccc3n2)CC1. The molecular weight excluding hydrogens is 392 g/mol. The van der Waals surface area contributed by atoms with E-state index in [4.69, 9.17) is 4.98 Å². The zero-order valence-electron chi connectivity index (χ0n) is 15.2. The molecule has 3 heterocycles. The Hall–Kier alpha value is -1.40. The van der Waals surface area contributed by atoms with E-state index in [-0.39, 0.29) is 0 Å². The summed E-state index contributed by atoms with van der Waals surface area (Å²) in [6, 6.07) is 4.04. The third-order valence-electron chi connectivity index (χ3n) is 5.76. The maximum absolute atomic E-state index is 12.6. The van der Waals surface area contributed by atoms with Crippen LogP contribution in [0.2, 0.25) is 0 Å². The molecule has 1 aliphatic carbocycles. The van der Waals surface area contributed by atoms with Crippen LogP contribution in [0.4, 0.5) is 0 Å². The fraction of sp³-hybridized carbons (Fsp3) is 0.600. The molecule has 2 aromatic heterocycles. The zero-order valence-corrected chi connectivity index (χ0v) is 16.8. The van der Waals surface area contributed by atoms with Crippen LogP contribution in [0.3, 0.4) is 0 Å². The summed E-state index contributed by atoms with van der Waals surface area (Å²) in [5, 5.41) is 0. The number of amides is 1. The molecule has 4 rings (SSSR count). The molecule has 2 aliphatic rings. The van der Waals surface area contributed by atoms with Crippen molar-refractivity contribution in [3.05, 3.63) is 34.7 Å². The molecule has 1 saturated carbocycles. The van der Waals surface area contributed by atoms with Crippen molar-refractivity contribution in [1.82, 2.24) is 19.2 Å². The molecule has 0 aromatic carbocycles. The lowest BCUT2D eigenvalue weighted by atomic mass is 9.86. The summed E-state index contributed by atoms with van der Waals surface area (Å²) in [5.74, 6) is 1.00. The molecule has 5 nitrogen and oxygen atoms in total. The molecule has 2 aromatic rings. The molecule has 0 radical (unpaired) electrons. The number of rotatable bonds is 4. The Morgan fingerprint density at radius 2 is 1.85 bits per heavy atom. The molecule has 26 heavy (non-hydrogen) atoms. The number of hydrogen-bond acceptors (Lipinski definition) is 3. The van der Waals surface area contributed by atoms with E-state index in [1.54, 1.807) is 0 Å². The number of halogens is 1. The number of hydrogen-bond donors (Lipinski definition) is 0. The number of carbonyl (C=O) groups is 1.